The first kappa shape index (κ1) is 15.0. The van der Waals surface area contributed by atoms with E-state index in [1.54, 1.807) is 23.0 Å². The van der Waals surface area contributed by atoms with E-state index in [1.165, 1.54) is 12.1 Å². The van der Waals surface area contributed by atoms with Crippen molar-refractivity contribution in [2.45, 2.75) is 13.3 Å². The van der Waals surface area contributed by atoms with Gasteiger partial charge in [-0.2, -0.15) is 5.10 Å². The second kappa shape index (κ2) is 6.04. The van der Waals surface area contributed by atoms with Crippen LogP contribution in [0.1, 0.15) is 39.8 Å². The third kappa shape index (κ3) is 2.99. The summed E-state index contributed by atoms with van der Waals surface area (Å²) in [5.41, 5.74) is 3.01. The van der Waals surface area contributed by atoms with Crippen LogP contribution in [0, 0.1) is 5.92 Å². The highest BCUT2D eigenvalue weighted by molar-refractivity contribution is 5.88. The van der Waals surface area contributed by atoms with E-state index in [0.717, 1.165) is 18.3 Å². The number of aromatic nitrogens is 2. The predicted molar refractivity (Wildman–Crippen MR) is 86.8 cm³/mol. The first-order valence-electron chi connectivity index (χ1n) is 7.36. The molecule has 1 atom stereocenters. The molecule has 116 valence electrons. The number of allylic oxidation sites excluding steroid dienone is 4. The van der Waals surface area contributed by atoms with E-state index < -0.39 is 5.97 Å². The third-order valence-corrected chi connectivity index (χ3v) is 3.84. The molecule has 3 rings (SSSR count). The zero-order valence-electron chi connectivity index (χ0n) is 12.6. The third-order valence-electron chi connectivity index (χ3n) is 3.84. The van der Waals surface area contributed by atoms with E-state index in [4.69, 9.17) is 5.11 Å². The lowest BCUT2D eigenvalue weighted by atomic mass is 9.96. The molecule has 1 aromatic heterocycles. The molecule has 1 aromatic carbocycles. The van der Waals surface area contributed by atoms with Gasteiger partial charge in [0.2, 0.25) is 0 Å². The Balaban J connectivity index is 1.97. The number of hydrogen-bond donors (Lipinski definition) is 1. The summed E-state index contributed by atoms with van der Waals surface area (Å²) in [5.74, 6) is -0.484. The average molecular weight is 308 g/mol. The number of hydrogen-bond acceptors (Lipinski definition) is 3. The Morgan fingerprint density at radius 1 is 1.35 bits per heavy atom. The van der Waals surface area contributed by atoms with Crippen LogP contribution in [0.5, 0.6) is 0 Å². The molecule has 1 N–H and O–H groups in total. The van der Waals surface area contributed by atoms with Gasteiger partial charge in [-0.05, 0) is 42.2 Å². The molecule has 1 aliphatic carbocycles. The lowest BCUT2D eigenvalue weighted by molar-refractivity contribution is 0.0696. The highest BCUT2D eigenvalue weighted by atomic mass is 16.4. The molecule has 0 amide bonds. The topological polar surface area (TPSA) is 72.2 Å². The van der Waals surface area contributed by atoms with Crippen LogP contribution in [0.25, 0.3) is 11.3 Å². The molecule has 1 unspecified atom stereocenters. The number of aromatic carboxylic acids is 1. The minimum atomic E-state index is -0.974. The second-order valence-corrected chi connectivity index (χ2v) is 5.58. The zero-order valence-corrected chi connectivity index (χ0v) is 12.6. The molecule has 0 bridgehead atoms. The molecule has 0 aliphatic heterocycles. The largest absolute Gasteiger partial charge is 0.478 e. The summed E-state index contributed by atoms with van der Waals surface area (Å²) in [6.45, 7) is 2.13. The van der Waals surface area contributed by atoms with E-state index in [9.17, 15) is 9.59 Å². The van der Waals surface area contributed by atoms with E-state index in [0.29, 0.717) is 22.9 Å². The maximum absolute atomic E-state index is 11.3. The van der Waals surface area contributed by atoms with Crippen LogP contribution in [0.3, 0.4) is 0 Å². The normalized spacial score (nSPS) is 16.9. The Morgan fingerprint density at radius 3 is 2.65 bits per heavy atom. The smallest absolute Gasteiger partial charge is 0.335 e. The van der Waals surface area contributed by atoms with Gasteiger partial charge in [0.05, 0.1) is 16.8 Å². The van der Waals surface area contributed by atoms with Gasteiger partial charge in [-0.1, -0.05) is 25.2 Å². The van der Waals surface area contributed by atoms with Crippen molar-refractivity contribution in [1.29, 1.82) is 0 Å². The van der Waals surface area contributed by atoms with Crippen LogP contribution in [0.4, 0.5) is 0 Å². The van der Waals surface area contributed by atoms with Gasteiger partial charge in [0, 0.05) is 6.20 Å². The Kier molecular flexibility index (Phi) is 3.93. The zero-order chi connectivity index (χ0) is 16.4. The Hall–Kier alpha value is -2.95. The van der Waals surface area contributed by atoms with Crippen LogP contribution in [0.15, 0.2) is 48.7 Å². The van der Waals surface area contributed by atoms with Crippen LogP contribution in [0.2, 0.25) is 0 Å². The van der Waals surface area contributed by atoms with Crippen LogP contribution >= 0.6 is 0 Å². The molecule has 0 radical (unpaired) electrons. The van der Waals surface area contributed by atoms with Crippen LogP contribution < -0.4 is 0 Å². The Bertz CT molecular complexity index is 813. The van der Waals surface area contributed by atoms with Crippen molar-refractivity contribution in [3.8, 4) is 5.69 Å². The fraction of sp³-hybridized carbons (Fsp3) is 0.167. The fourth-order valence-electron chi connectivity index (χ4n) is 2.49. The molecule has 5 heteroatoms. The molecule has 5 nitrogen and oxygen atoms in total. The monoisotopic (exact) mass is 308 g/mol. The predicted octanol–water partition coefficient (Wildman–Crippen LogP) is 3.36. The maximum Gasteiger partial charge on any atom is 0.335 e. The summed E-state index contributed by atoms with van der Waals surface area (Å²) in [6, 6.07) is 6.37. The SMILES string of the molecule is CC1C=CC(c2nn(-c3ccc(C(=O)O)cc3)cc2C=O)=CC1. The quantitative estimate of drug-likeness (QED) is 0.879. The highest BCUT2D eigenvalue weighted by Gasteiger charge is 2.15. The Morgan fingerprint density at radius 2 is 2.09 bits per heavy atom. The van der Waals surface area contributed by atoms with Gasteiger partial charge in [-0.15, -0.1) is 0 Å². The van der Waals surface area contributed by atoms with E-state index in [1.807, 2.05) is 6.08 Å². The van der Waals surface area contributed by atoms with E-state index in [2.05, 4.69) is 24.2 Å². The van der Waals surface area contributed by atoms with Crippen molar-refractivity contribution < 1.29 is 14.7 Å². The number of carbonyl (C=O) groups excluding carboxylic acids is 1. The van der Waals surface area contributed by atoms with Crippen molar-refractivity contribution in [2.75, 3.05) is 0 Å². The first-order chi connectivity index (χ1) is 11.1. The van der Waals surface area contributed by atoms with Gasteiger partial charge in [0.15, 0.2) is 6.29 Å². The van der Waals surface area contributed by atoms with Crippen LogP contribution in [-0.4, -0.2) is 27.1 Å². The molecule has 0 saturated carbocycles. The first-order valence-corrected chi connectivity index (χ1v) is 7.36. The van der Waals surface area contributed by atoms with Gasteiger partial charge in [0.1, 0.15) is 5.69 Å². The van der Waals surface area contributed by atoms with Crippen LogP contribution in [-0.2, 0) is 0 Å². The second-order valence-electron chi connectivity index (χ2n) is 5.58. The lowest BCUT2D eigenvalue weighted by Crippen LogP contribution is -2.00. The number of benzene rings is 1. The van der Waals surface area contributed by atoms with Gasteiger partial charge in [-0.3, -0.25) is 4.79 Å². The summed E-state index contributed by atoms with van der Waals surface area (Å²) < 4.78 is 1.59. The number of carboxylic acid groups (broad SMARTS) is 1. The highest BCUT2D eigenvalue weighted by Crippen LogP contribution is 2.25. The van der Waals surface area contributed by atoms with Gasteiger partial charge in [-0.25, -0.2) is 9.48 Å². The number of carboxylic acids is 1. The average Bonchev–Trinajstić information content (AvgIpc) is 3.00. The summed E-state index contributed by atoms with van der Waals surface area (Å²) in [7, 11) is 0. The molecule has 0 saturated heterocycles. The van der Waals surface area contributed by atoms with E-state index >= 15 is 0 Å². The van der Waals surface area contributed by atoms with Crippen molar-refractivity contribution in [1.82, 2.24) is 9.78 Å². The van der Waals surface area contributed by atoms with Gasteiger partial charge < -0.3 is 5.11 Å². The standard InChI is InChI=1S/C18H16N2O3/c1-12-2-4-13(5-3-12)17-15(11-21)10-20(19-17)16-8-6-14(7-9-16)18(22)23/h2,4-12H,3H2,1H3,(H,22,23). The van der Waals surface area contributed by atoms with Crippen molar-refractivity contribution >= 4 is 17.8 Å². The summed E-state index contributed by atoms with van der Waals surface area (Å²) >= 11 is 0. The van der Waals surface area contributed by atoms with Crippen molar-refractivity contribution in [3.05, 3.63) is 65.5 Å². The van der Waals surface area contributed by atoms with Gasteiger partial charge >= 0.3 is 5.97 Å². The van der Waals surface area contributed by atoms with E-state index in [-0.39, 0.29) is 5.56 Å². The number of rotatable bonds is 4. The summed E-state index contributed by atoms with van der Waals surface area (Å²) in [5, 5.41) is 13.4. The summed E-state index contributed by atoms with van der Waals surface area (Å²) in [4.78, 5) is 22.2. The van der Waals surface area contributed by atoms with Gasteiger partial charge in [0.25, 0.3) is 0 Å². The molecule has 1 aliphatic rings. The molecule has 0 spiro atoms. The Labute approximate surface area is 133 Å². The minimum absolute atomic E-state index is 0.212. The lowest BCUT2D eigenvalue weighted by Gasteiger charge is -2.10. The van der Waals surface area contributed by atoms with Crippen molar-refractivity contribution in [2.24, 2.45) is 5.92 Å². The molecule has 23 heavy (non-hydrogen) atoms. The molecule has 1 heterocycles. The minimum Gasteiger partial charge on any atom is -0.478 e. The number of nitrogens with zero attached hydrogens (tertiary/aromatic N) is 2. The molecular formula is C18H16N2O3. The molecule has 0 fully saturated rings. The number of carbonyl (C=O) groups is 2. The molecular weight excluding hydrogens is 292 g/mol. The summed E-state index contributed by atoms with van der Waals surface area (Å²) in [6.07, 6.45) is 9.54. The van der Waals surface area contributed by atoms with Crippen molar-refractivity contribution in [3.63, 3.8) is 0 Å². The fourth-order valence-corrected chi connectivity index (χ4v) is 2.49. The number of aldehydes is 1. The molecule has 2 aromatic rings. The maximum atomic E-state index is 11.3.